The molecule has 0 aliphatic rings. The monoisotopic (exact) mass is 724 g/mol. The lowest BCUT2D eigenvalue weighted by Gasteiger charge is -2.18. The summed E-state index contributed by atoms with van der Waals surface area (Å²) >= 11 is 0. The molecule has 7 heteroatoms. The zero-order valence-corrected chi connectivity index (χ0v) is 34.5. The first-order valence-electron chi connectivity index (χ1n) is 21.8. The number of carbonyl (C=O) groups is 3. The molecule has 1 unspecified atom stereocenters. The van der Waals surface area contributed by atoms with E-state index in [0.717, 1.165) is 89.9 Å². The van der Waals surface area contributed by atoms with Crippen molar-refractivity contribution >= 4 is 17.9 Å². The number of carbonyl (C=O) groups excluding carboxylic acids is 3. The number of allylic oxidation sites excluding steroid dienone is 1. The fraction of sp³-hybridized carbons (Fsp3) is 0.886. The Balaban J connectivity index is 0. The third-order valence-electron chi connectivity index (χ3n) is 9.27. The fourth-order valence-corrected chi connectivity index (χ4v) is 5.90. The second kappa shape index (κ2) is 42.5. The highest BCUT2D eigenvalue weighted by atomic mass is 16.5. The molecule has 0 aromatic carbocycles. The van der Waals surface area contributed by atoms with E-state index in [9.17, 15) is 14.4 Å². The van der Waals surface area contributed by atoms with Gasteiger partial charge in [0.15, 0.2) is 0 Å². The molecule has 0 saturated heterocycles. The molecule has 0 aromatic rings. The van der Waals surface area contributed by atoms with Crippen LogP contribution in [0.25, 0.3) is 0 Å². The third kappa shape index (κ3) is 40.7. The molecule has 0 fully saturated rings. The molecule has 0 spiro atoms. The molecule has 0 radical (unpaired) electrons. The summed E-state index contributed by atoms with van der Waals surface area (Å²) in [6.07, 6.45) is 36.1. The van der Waals surface area contributed by atoms with Crippen LogP contribution in [0, 0.1) is 0 Å². The summed E-state index contributed by atoms with van der Waals surface area (Å²) in [4.78, 5) is 35.5. The van der Waals surface area contributed by atoms with Crippen LogP contribution in [0.4, 0.5) is 0 Å². The number of ether oxygens (including phenoxy) is 3. The summed E-state index contributed by atoms with van der Waals surface area (Å²) < 4.78 is 16.5. The minimum atomic E-state index is -0.104. The van der Waals surface area contributed by atoms with E-state index in [1.54, 1.807) is 0 Å². The van der Waals surface area contributed by atoms with Crippen molar-refractivity contribution in [3.8, 4) is 0 Å². The largest absolute Gasteiger partial charge is 0.462 e. The van der Waals surface area contributed by atoms with Gasteiger partial charge in [0.1, 0.15) is 18.8 Å². The van der Waals surface area contributed by atoms with Crippen molar-refractivity contribution < 1.29 is 28.6 Å². The molecular formula is C44H85NO6. The van der Waals surface area contributed by atoms with Crippen molar-refractivity contribution in [1.82, 2.24) is 0 Å². The smallest absolute Gasteiger partial charge is 0.306 e. The molecule has 0 aliphatic carbocycles. The van der Waals surface area contributed by atoms with Gasteiger partial charge in [-0.15, -0.1) is 0 Å². The summed E-state index contributed by atoms with van der Waals surface area (Å²) in [6.45, 7) is 11.9. The van der Waals surface area contributed by atoms with Crippen molar-refractivity contribution in [1.29, 1.82) is 0 Å². The zero-order valence-electron chi connectivity index (χ0n) is 34.5. The topological polar surface area (TPSA) is 105 Å². The maximum Gasteiger partial charge on any atom is 0.306 e. The lowest BCUT2D eigenvalue weighted by atomic mass is 10.0. The molecule has 0 heterocycles. The SMILES string of the molecule is CCCCCC/C=C\COC(=O)CCCCCCCC(=O)OC(CCCCCC)CCCCCC.CCCCCCC(CC)OC(=O)CCCN. The Morgan fingerprint density at radius 2 is 0.882 bits per heavy atom. The Kier molecular flexibility index (Phi) is 42.7. The van der Waals surface area contributed by atoms with Gasteiger partial charge >= 0.3 is 17.9 Å². The minimum Gasteiger partial charge on any atom is -0.462 e. The van der Waals surface area contributed by atoms with Gasteiger partial charge in [-0.2, -0.15) is 0 Å². The van der Waals surface area contributed by atoms with Gasteiger partial charge in [-0.3, -0.25) is 14.4 Å². The van der Waals surface area contributed by atoms with Gasteiger partial charge in [0.2, 0.25) is 0 Å². The van der Waals surface area contributed by atoms with Gasteiger partial charge in [-0.05, 0) is 83.6 Å². The molecule has 1 atom stereocenters. The predicted molar refractivity (Wildman–Crippen MR) is 216 cm³/mol. The van der Waals surface area contributed by atoms with Crippen molar-refractivity contribution in [2.45, 2.75) is 239 Å². The summed E-state index contributed by atoms with van der Waals surface area (Å²) in [6, 6.07) is 0. The number of unbranched alkanes of at least 4 members (excludes halogenated alkanes) is 17. The average Bonchev–Trinajstić information content (AvgIpc) is 3.13. The zero-order chi connectivity index (χ0) is 38.0. The van der Waals surface area contributed by atoms with Crippen molar-refractivity contribution in [2.75, 3.05) is 13.2 Å². The number of nitrogens with two attached hydrogens (primary N) is 1. The lowest BCUT2D eigenvalue weighted by molar-refractivity contribution is -0.150. The maximum atomic E-state index is 12.3. The van der Waals surface area contributed by atoms with Crippen LogP contribution in [-0.4, -0.2) is 43.3 Å². The first-order valence-corrected chi connectivity index (χ1v) is 21.8. The fourth-order valence-electron chi connectivity index (χ4n) is 5.90. The van der Waals surface area contributed by atoms with E-state index in [1.165, 1.54) is 83.5 Å². The quantitative estimate of drug-likeness (QED) is 0.0297. The Bertz CT molecular complexity index is 774. The average molecular weight is 724 g/mol. The minimum absolute atomic E-state index is 0.0250. The van der Waals surface area contributed by atoms with Crippen LogP contribution >= 0.6 is 0 Å². The van der Waals surface area contributed by atoms with Crippen LogP contribution in [-0.2, 0) is 28.6 Å². The summed E-state index contributed by atoms with van der Waals surface area (Å²) in [7, 11) is 0. The van der Waals surface area contributed by atoms with E-state index >= 15 is 0 Å². The highest BCUT2D eigenvalue weighted by molar-refractivity contribution is 5.70. The van der Waals surface area contributed by atoms with Gasteiger partial charge in [0.05, 0.1) is 0 Å². The second-order valence-electron chi connectivity index (χ2n) is 14.3. The van der Waals surface area contributed by atoms with Crippen LogP contribution in [0.3, 0.4) is 0 Å². The number of esters is 3. The number of hydrogen-bond donors (Lipinski definition) is 1. The molecule has 2 N–H and O–H groups in total. The normalized spacial score (nSPS) is 11.7. The van der Waals surface area contributed by atoms with Crippen LogP contribution in [0.5, 0.6) is 0 Å². The maximum absolute atomic E-state index is 12.3. The molecule has 0 aliphatic heterocycles. The third-order valence-corrected chi connectivity index (χ3v) is 9.27. The van der Waals surface area contributed by atoms with E-state index in [2.05, 4.69) is 40.7 Å². The first-order chi connectivity index (χ1) is 24.9. The standard InChI is InChI=1S/C31H58O4.C13H27NO2/c1-4-7-10-13-14-18-23-28-34-30(32)26-21-16-15-17-22-27-31(33)35-29(24-19-11-8-5-2)25-20-12-9-6-3;1-3-5-6-7-9-12(4-2)16-13(15)10-8-11-14/h18,23,29H,4-17,19-22,24-28H2,1-3H3;12H,3-11,14H2,1-2H3/b23-18-;. The Labute approximate surface area is 316 Å². The van der Waals surface area contributed by atoms with Gasteiger partial charge in [-0.25, -0.2) is 0 Å². The van der Waals surface area contributed by atoms with Crippen molar-refractivity contribution in [3.63, 3.8) is 0 Å². The van der Waals surface area contributed by atoms with Gasteiger partial charge in [0.25, 0.3) is 0 Å². The van der Waals surface area contributed by atoms with E-state index in [0.29, 0.717) is 32.4 Å². The molecule has 0 amide bonds. The van der Waals surface area contributed by atoms with E-state index < -0.39 is 0 Å². The van der Waals surface area contributed by atoms with Crippen molar-refractivity contribution in [2.24, 2.45) is 5.73 Å². The van der Waals surface area contributed by atoms with Crippen LogP contribution in [0.15, 0.2) is 12.2 Å². The molecule has 0 bridgehead atoms. The summed E-state index contributed by atoms with van der Waals surface area (Å²) in [5, 5.41) is 0. The molecule has 51 heavy (non-hydrogen) atoms. The van der Waals surface area contributed by atoms with E-state index in [4.69, 9.17) is 19.9 Å². The highest BCUT2D eigenvalue weighted by Gasteiger charge is 2.14. The van der Waals surface area contributed by atoms with Crippen molar-refractivity contribution in [3.05, 3.63) is 12.2 Å². The second-order valence-corrected chi connectivity index (χ2v) is 14.3. The molecule has 0 aromatic heterocycles. The van der Waals surface area contributed by atoms with E-state index in [1.807, 2.05) is 6.08 Å². The molecule has 0 saturated carbocycles. The van der Waals surface area contributed by atoms with Gasteiger partial charge < -0.3 is 19.9 Å². The molecule has 0 rings (SSSR count). The molecule has 302 valence electrons. The first kappa shape index (κ1) is 51.2. The lowest BCUT2D eigenvalue weighted by Crippen LogP contribution is -2.18. The summed E-state index contributed by atoms with van der Waals surface area (Å²) in [5.74, 6) is -0.219. The number of hydrogen-bond acceptors (Lipinski definition) is 7. The Hall–Kier alpha value is -1.89. The van der Waals surface area contributed by atoms with Crippen LogP contribution in [0.2, 0.25) is 0 Å². The van der Waals surface area contributed by atoms with Gasteiger partial charge in [0, 0.05) is 19.3 Å². The van der Waals surface area contributed by atoms with Crippen LogP contribution < -0.4 is 5.73 Å². The predicted octanol–water partition coefficient (Wildman–Crippen LogP) is 12.7. The number of rotatable bonds is 36. The summed E-state index contributed by atoms with van der Waals surface area (Å²) in [5.41, 5.74) is 5.35. The van der Waals surface area contributed by atoms with Crippen LogP contribution in [0.1, 0.15) is 227 Å². The Morgan fingerprint density at radius 3 is 1.37 bits per heavy atom. The molecular weight excluding hydrogens is 638 g/mol. The Morgan fingerprint density at radius 1 is 0.471 bits per heavy atom. The van der Waals surface area contributed by atoms with Gasteiger partial charge in [-0.1, -0.05) is 143 Å². The van der Waals surface area contributed by atoms with E-state index in [-0.39, 0.29) is 30.1 Å². The molecule has 7 nitrogen and oxygen atoms in total. The highest BCUT2D eigenvalue weighted by Crippen LogP contribution is 2.17.